The van der Waals surface area contributed by atoms with Crippen LogP contribution in [0.2, 0.25) is 5.02 Å². The van der Waals surface area contributed by atoms with Crippen LogP contribution in [0.15, 0.2) is 12.1 Å². The first kappa shape index (κ1) is 17.6. The molecule has 7 heteroatoms. The minimum absolute atomic E-state index is 0.437. The summed E-state index contributed by atoms with van der Waals surface area (Å²) in [5.74, 6) is -0.521. The summed E-state index contributed by atoms with van der Waals surface area (Å²) < 4.78 is 15.6. The summed E-state index contributed by atoms with van der Waals surface area (Å²) in [5.41, 5.74) is 1.27. The van der Waals surface area contributed by atoms with Crippen LogP contribution in [0.5, 0.6) is 5.75 Å². The van der Waals surface area contributed by atoms with E-state index in [1.54, 1.807) is 12.1 Å². The molecule has 6 nitrogen and oxygen atoms in total. The molecule has 0 radical (unpaired) electrons. The molecule has 1 fully saturated rings. The van der Waals surface area contributed by atoms with Gasteiger partial charge in [0, 0.05) is 17.7 Å². The van der Waals surface area contributed by atoms with E-state index in [-0.39, 0.29) is 0 Å². The molecule has 1 aliphatic rings. The fraction of sp³-hybridized carbons (Fsp3) is 0.500. The number of aryl methyl sites for hydroxylation is 1. The Labute approximate surface area is 140 Å². The Hall–Kier alpha value is -1.79. The maximum absolute atomic E-state index is 12.2. The maximum Gasteiger partial charge on any atom is 0.336 e. The SMILES string of the molecule is COc1cc(Cl)c(C)cc1NC(=O)[C@H](C)OC(=O)[C@H]1CCCO1. The monoisotopic (exact) mass is 341 g/mol. The molecule has 126 valence electrons. The first-order chi connectivity index (χ1) is 10.9. The molecule has 0 spiro atoms. The molecule has 1 aromatic rings. The maximum atomic E-state index is 12.2. The Kier molecular flexibility index (Phi) is 5.85. The molecule has 0 bridgehead atoms. The molecular weight excluding hydrogens is 322 g/mol. The van der Waals surface area contributed by atoms with Crippen LogP contribution in [-0.4, -0.2) is 37.8 Å². The van der Waals surface area contributed by atoms with Crippen LogP contribution in [0.3, 0.4) is 0 Å². The highest BCUT2D eigenvalue weighted by atomic mass is 35.5. The number of rotatable bonds is 5. The van der Waals surface area contributed by atoms with Crippen molar-refractivity contribution < 1.29 is 23.8 Å². The summed E-state index contributed by atoms with van der Waals surface area (Å²) >= 11 is 6.03. The van der Waals surface area contributed by atoms with Gasteiger partial charge < -0.3 is 19.5 Å². The lowest BCUT2D eigenvalue weighted by molar-refractivity contribution is -0.162. The van der Waals surface area contributed by atoms with E-state index in [0.717, 1.165) is 12.0 Å². The van der Waals surface area contributed by atoms with Crippen molar-refractivity contribution in [2.45, 2.75) is 38.9 Å². The van der Waals surface area contributed by atoms with E-state index in [1.807, 2.05) is 6.92 Å². The second-order valence-corrected chi connectivity index (χ2v) is 5.78. The van der Waals surface area contributed by atoms with E-state index >= 15 is 0 Å². The van der Waals surface area contributed by atoms with E-state index in [4.69, 9.17) is 25.8 Å². The molecule has 1 amide bonds. The second kappa shape index (κ2) is 7.66. The highest BCUT2D eigenvalue weighted by Crippen LogP contribution is 2.31. The molecule has 1 aliphatic heterocycles. The molecule has 2 atom stereocenters. The fourth-order valence-corrected chi connectivity index (χ4v) is 2.39. The average Bonchev–Trinajstić information content (AvgIpc) is 3.04. The van der Waals surface area contributed by atoms with E-state index in [1.165, 1.54) is 14.0 Å². The van der Waals surface area contributed by atoms with Crippen LogP contribution < -0.4 is 10.1 Å². The van der Waals surface area contributed by atoms with Crippen LogP contribution >= 0.6 is 11.6 Å². The summed E-state index contributed by atoms with van der Waals surface area (Å²) in [6, 6.07) is 3.32. The predicted octanol–water partition coefficient (Wildman–Crippen LogP) is 2.71. The Bertz CT molecular complexity index is 598. The normalized spacial score (nSPS) is 18.3. The van der Waals surface area contributed by atoms with E-state index in [9.17, 15) is 9.59 Å². The molecule has 1 aromatic carbocycles. The van der Waals surface area contributed by atoms with Crippen LogP contribution in [-0.2, 0) is 19.1 Å². The third-order valence-electron chi connectivity index (χ3n) is 3.59. The highest BCUT2D eigenvalue weighted by molar-refractivity contribution is 6.31. The number of hydrogen-bond acceptors (Lipinski definition) is 5. The van der Waals surface area contributed by atoms with Crippen LogP contribution in [0.25, 0.3) is 0 Å². The van der Waals surface area contributed by atoms with E-state index < -0.39 is 24.1 Å². The van der Waals surface area contributed by atoms with Crippen molar-refractivity contribution in [2.24, 2.45) is 0 Å². The van der Waals surface area contributed by atoms with Gasteiger partial charge in [0.2, 0.25) is 0 Å². The zero-order valence-corrected chi connectivity index (χ0v) is 14.1. The van der Waals surface area contributed by atoms with Crippen molar-refractivity contribution in [1.82, 2.24) is 0 Å². The number of methoxy groups -OCH3 is 1. The van der Waals surface area contributed by atoms with Crippen LogP contribution in [0.4, 0.5) is 5.69 Å². The Balaban J connectivity index is 2.00. The summed E-state index contributed by atoms with van der Waals surface area (Å²) in [4.78, 5) is 24.1. The van der Waals surface area contributed by atoms with Crippen molar-refractivity contribution >= 4 is 29.2 Å². The Morgan fingerprint density at radius 3 is 2.78 bits per heavy atom. The summed E-state index contributed by atoms with van der Waals surface area (Å²) in [6.45, 7) is 3.87. The van der Waals surface area contributed by atoms with Gasteiger partial charge in [0.15, 0.2) is 12.2 Å². The number of amides is 1. The third-order valence-corrected chi connectivity index (χ3v) is 4.00. The lowest BCUT2D eigenvalue weighted by atomic mass is 10.2. The van der Waals surface area contributed by atoms with Crippen molar-refractivity contribution in [3.63, 3.8) is 0 Å². The second-order valence-electron chi connectivity index (χ2n) is 5.37. The standard InChI is InChI=1S/C16H20ClNO5/c1-9-7-12(14(21-3)8-11(9)17)18-15(19)10(2)23-16(20)13-5-4-6-22-13/h7-8,10,13H,4-6H2,1-3H3,(H,18,19)/t10-,13+/m0/s1. The lowest BCUT2D eigenvalue weighted by Crippen LogP contribution is -2.34. The molecule has 0 aromatic heterocycles. The number of halogens is 1. The molecule has 0 aliphatic carbocycles. The van der Waals surface area contributed by atoms with Crippen molar-refractivity contribution in [3.05, 3.63) is 22.7 Å². The van der Waals surface area contributed by atoms with Crippen LogP contribution in [0, 0.1) is 6.92 Å². The minimum atomic E-state index is -0.938. The number of ether oxygens (including phenoxy) is 3. The number of esters is 1. The molecule has 23 heavy (non-hydrogen) atoms. The summed E-state index contributed by atoms with van der Waals surface area (Å²) in [5, 5.41) is 3.22. The fourth-order valence-electron chi connectivity index (χ4n) is 2.23. The largest absolute Gasteiger partial charge is 0.495 e. The van der Waals surface area contributed by atoms with Gasteiger partial charge in [-0.15, -0.1) is 0 Å². The summed E-state index contributed by atoms with van der Waals surface area (Å²) in [6.07, 6.45) is -0.0659. The first-order valence-corrected chi connectivity index (χ1v) is 7.77. The lowest BCUT2D eigenvalue weighted by Gasteiger charge is -2.17. The number of benzene rings is 1. The molecule has 2 rings (SSSR count). The van der Waals surface area contributed by atoms with Gasteiger partial charge in [0.25, 0.3) is 5.91 Å². The number of anilines is 1. The van der Waals surface area contributed by atoms with Gasteiger partial charge in [-0.2, -0.15) is 0 Å². The van der Waals surface area contributed by atoms with E-state index in [2.05, 4.69) is 5.32 Å². The number of carbonyl (C=O) groups is 2. The smallest absolute Gasteiger partial charge is 0.336 e. The molecule has 0 saturated carbocycles. The van der Waals surface area contributed by atoms with Gasteiger partial charge in [-0.25, -0.2) is 4.79 Å². The van der Waals surface area contributed by atoms with Gasteiger partial charge in [-0.1, -0.05) is 11.6 Å². The molecule has 1 saturated heterocycles. The first-order valence-electron chi connectivity index (χ1n) is 7.39. The molecule has 1 heterocycles. The van der Waals surface area contributed by atoms with Crippen molar-refractivity contribution in [3.8, 4) is 5.75 Å². The quantitative estimate of drug-likeness (QED) is 0.833. The zero-order valence-electron chi connectivity index (χ0n) is 13.3. The third kappa shape index (κ3) is 4.36. The number of nitrogens with one attached hydrogen (secondary N) is 1. The van der Waals surface area contributed by atoms with Crippen molar-refractivity contribution in [1.29, 1.82) is 0 Å². The van der Waals surface area contributed by atoms with Gasteiger partial charge >= 0.3 is 5.97 Å². The average molecular weight is 342 g/mol. The molecule has 0 unspecified atom stereocenters. The van der Waals surface area contributed by atoms with Gasteiger partial charge in [-0.3, -0.25) is 4.79 Å². The summed E-state index contributed by atoms with van der Waals surface area (Å²) in [7, 11) is 1.48. The van der Waals surface area contributed by atoms with Gasteiger partial charge in [0.05, 0.1) is 12.8 Å². The van der Waals surface area contributed by atoms with Crippen molar-refractivity contribution in [2.75, 3.05) is 19.0 Å². The molecular formula is C16H20ClNO5. The Morgan fingerprint density at radius 1 is 1.43 bits per heavy atom. The Morgan fingerprint density at radius 2 is 2.17 bits per heavy atom. The van der Waals surface area contributed by atoms with Crippen LogP contribution in [0.1, 0.15) is 25.3 Å². The van der Waals surface area contributed by atoms with Gasteiger partial charge in [-0.05, 0) is 38.3 Å². The predicted molar refractivity (Wildman–Crippen MR) is 85.9 cm³/mol. The van der Waals surface area contributed by atoms with E-state index in [0.29, 0.717) is 29.5 Å². The molecule has 1 N–H and O–H groups in total. The zero-order chi connectivity index (χ0) is 17.0. The number of hydrogen-bond donors (Lipinski definition) is 1. The highest BCUT2D eigenvalue weighted by Gasteiger charge is 2.28. The number of carbonyl (C=O) groups excluding carboxylic acids is 2. The minimum Gasteiger partial charge on any atom is -0.495 e. The van der Waals surface area contributed by atoms with Gasteiger partial charge in [0.1, 0.15) is 5.75 Å². The topological polar surface area (TPSA) is 73.9 Å².